The van der Waals surface area contributed by atoms with Gasteiger partial charge in [-0.2, -0.15) is 0 Å². The summed E-state index contributed by atoms with van der Waals surface area (Å²) in [5.41, 5.74) is 2.75. The number of amides is 1. The third kappa shape index (κ3) is 5.82. The van der Waals surface area contributed by atoms with Gasteiger partial charge in [0.1, 0.15) is 12.4 Å². The number of hydrogen-bond donors (Lipinski definition) is 1. The molecule has 0 spiro atoms. The fourth-order valence-corrected chi connectivity index (χ4v) is 4.35. The number of ether oxygens (including phenoxy) is 1. The number of hydrogen-bond acceptors (Lipinski definition) is 5. The second kappa shape index (κ2) is 10.2. The molecule has 0 radical (unpaired) electrons. The minimum absolute atomic E-state index is 0.139. The Hall–Kier alpha value is -3.11. The number of carbonyl (C=O) groups excluding carboxylic acids is 1. The van der Waals surface area contributed by atoms with Crippen molar-refractivity contribution in [2.75, 3.05) is 7.05 Å². The smallest absolute Gasteiger partial charge is 0.335 e. The minimum atomic E-state index is -0.992. The second-order valence-electron chi connectivity index (χ2n) is 7.21. The van der Waals surface area contributed by atoms with Gasteiger partial charge in [-0.25, -0.2) is 9.79 Å². The quantitative estimate of drug-likeness (QED) is 0.299. The molecule has 33 heavy (non-hydrogen) atoms. The number of aromatic carboxylic acids is 1. The van der Waals surface area contributed by atoms with E-state index in [1.807, 2.05) is 54.6 Å². The molecule has 4 rings (SSSR count). The highest BCUT2D eigenvalue weighted by Crippen LogP contribution is 2.33. The number of likely N-dealkylation sites (N-methyl/N-ethyl adjacent to an activating group) is 1. The standard InChI is InChI=1S/C25H19IN2O4S/c1-28-23(29)22(33-25(28)27-20-10-6-18(7-11-20)24(30)31)14-16-4-12-21(13-5-16)32-15-17-2-8-19(26)9-3-17/h2-14H,15H2,1H3,(H,30,31)/b22-14-,27-25?. The van der Waals surface area contributed by atoms with Gasteiger partial charge < -0.3 is 9.84 Å². The lowest BCUT2D eigenvalue weighted by molar-refractivity contribution is -0.121. The number of amidine groups is 1. The molecule has 6 nitrogen and oxygen atoms in total. The fraction of sp³-hybridized carbons (Fsp3) is 0.0800. The van der Waals surface area contributed by atoms with E-state index in [0.717, 1.165) is 16.9 Å². The summed E-state index contributed by atoms with van der Waals surface area (Å²) in [6.45, 7) is 0.490. The first-order valence-corrected chi connectivity index (χ1v) is 11.9. The predicted octanol–water partition coefficient (Wildman–Crippen LogP) is 5.80. The second-order valence-corrected chi connectivity index (χ2v) is 9.46. The summed E-state index contributed by atoms with van der Waals surface area (Å²) in [5.74, 6) is -0.376. The molecule has 3 aromatic carbocycles. The predicted molar refractivity (Wildman–Crippen MR) is 139 cm³/mol. The third-order valence-corrected chi connectivity index (χ3v) is 6.62. The monoisotopic (exact) mass is 570 g/mol. The van der Waals surface area contributed by atoms with Crippen LogP contribution in [-0.4, -0.2) is 34.1 Å². The molecule has 1 aliphatic rings. The van der Waals surface area contributed by atoms with E-state index in [1.165, 1.54) is 32.4 Å². The van der Waals surface area contributed by atoms with Crippen molar-refractivity contribution >= 4 is 63.2 Å². The topological polar surface area (TPSA) is 79.2 Å². The van der Waals surface area contributed by atoms with Crippen LogP contribution in [0.4, 0.5) is 5.69 Å². The SMILES string of the molecule is CN1C(=O)/C(=C/c2ccc(OCc3ccc(I)cc3)cc2)SC1=Nc1ccc(C(=O)O)cc1. The van der Waals surface area contributed by atoms with E-state index in [0.29, 0.717) is 22.4 Å². The van der Waals surface area contributed by atoms with E-state index < -0.39 is 5.97 Å². The van der Waals surface area contributed by atoms with Crippen molar-refractivity contribution in [3.8, 4) is 5.75 Å². The average molecular weight is 570 g/mol. The molecule has 1 saturated heterocycles. The van der Waals surface area contributed by atoms with Crippen molar-refractivity contribution in [2.24, 2.45) is 4.99 Å². The highest BCUT2D eigenvalue weighted by Gasteiger charge is 2.30. The largest absolute Gasteiger partial charge is 0.489 e. The van der Waals surface area contributed by atoms with Crippen molar-refractivity contribution in [3.05, 3.63) is 98.0 Å². The van der Waals surface area contributed by atoms with E-state index in [-0.39, 0.29) is 11.5 Å². The molecular formula is C25H19IN2O4S. The molecule has 1 aliphatic heterocycles. The van der Waals surface area contributed by atoms with Gasteiger partial charge in [-0.3, -0.25) is 9.69 Å². The highest BCUT2D eigenvalue weighted by molar-refractivity contribution is 14.1. The Bertz CT molecular complexity index is 1240. The molecule has 1 amide bonds. The first-order chi connectivity index (χ1) is 15.9. The van der Waals surface area contributed by atoms with Crippen LogP contribution in [0.5, 0.6) is 5.75 Å². The zero-order valence-corrected chi connectivity index (χ0v) is 20.5. The summed E-state index contributed by atoms with van der Waals surface area (Å²) >= 11 is 3.55. The summed E-state index contributed by atoms with van der Waals surface area (Å²) in [7, 11) is 1.67. The Morgan fingerprint density at radius 2 is 1.73 bits per heavy atom. The van der Waals surface area contributed by atoms with Crippen molar-refractivity contribution in [1.29, 1.82) is 0 Å². The molecule has 0 unspecified atom stereocenters. The highest BCUT2D eigenvalue weighted by atomic mass is 127. The van der Waals surface area contributed by atoms with Crippen LogP contribution in [0.3, 0.4) is 0 Å². The maximum absolute atomic E-state index is 12.7. The molecule has 0 aromatic heterocycles. The van der Waals surface area contributed by atoms with Crippen LogP contribution in [0.2, 0.25) is 0 Å². The molecule has 0 aliphatic carbocycles. The summed E-state index contributed by atoms with van der Waals surface area (Å²) in [5, 5.41) is 9.55. The van der Waals surface area contributed by atoms with Crippen LogP contribution in [0.15, 0.2) is 82.7 Å². The summed E-state index contributed by atoms with van der Waals surface area (Å²) in [6.07, 6.45) is 1.82. The van der Waals surface area contributed by atoms with E-state index >= 15 is 0 Å². The Morgan fingerprint density at radius 3 is 2.36 bits per heavy atom. The van der Waals surface area contributed by atoms with Crippen LogP contribution in [0, 0.1) is 3.57 Å². The van der Waals surface area contributed by atoms with Gasteiger partial charge in [0.05, 0.1) is 16.2 Å². The van der Waals surface area contributed by atoms with Gasteiger partial charge in [-0.15, -0.1) is 0 Å². The molecule has 0 saturated carbocycles. The number of thioether (sulfide) groups is 1. The van der Waals surface area contributed by atoms with Gasteiger partial charge in [-0.05, 0) is 100 Å². The normalized spacial score (nSPS) is 15.9. The zero-order chi connectivity index (χ0) is 23.4. The van der Waals surface area contributed by atoms with Crippen molar-refractivity contribution < 1.29 is 19.4 Å². The Labute approximate surface area is 209 Å². The Morgan fingerprint density at radius 1 is 1.06 bits per heavy atom. The third-order valence-electron chi connectivity index (χ3n) is 4.84. The van der Waals surface area contributed by atoms with Crippen LogP contribution in [0.1, 0.15) is 21.5 Å². The lowest BCUT2D eigenvalue weighted by atomic mass is 10.2. The summed E-state index contributed by atoms with van der Waals surface area (Å²) < 4.78 is 7.03. The first-order valence-electron chi connectivity index (χ1n) is 9.96. The lowest BCUT2D eigenvalue weighted by Gasteiger charge is -2.07. The summed E-state index contributed by atoms with van der Waals surface area (Å²) in [4.78, 5) is 30.2. The molecule has 1 fully saturated rings. The van der Waals surface area contributed by atoms with Gasteiger partial charge >= 0.3 is 5.97 Å². The van der Waals surface area contributed by atoms with Gasteiger partial charge in [-0.1, -0.05) is 24.3 Å². The van der Waals surface area contributed by atoms with Gasteiger partial charge in [0.25, 0.3) is 5.91 Å². The Kier molecular flexibility index (Phi) is 7.14. The van der Waals surface area contributed by atoms with Crippen molar-refractivity contribution in [1.82, 2.24) is 4.90 Å². The average Bonchev–Trinajstić information content (AvgIpc) is 3.07. The Balaban J connectivity index is 1.43. The molecule has 1 heterocycles. The molecule has 3 aromatic rings. The fourth-order valence-electron chi connectivity index (χ4n) is 3.00. The summed E-state index contributed by atoms with van der Waals surface area (Å²) in [6, 6.07) is 22.0. The van der Waals surface area contributed by atoms with Crippen molar-refractivity contribution in [3.63, 3.8) is 0 Å². The van der Waals surface area contributed by atoms with Gasteiger partial charge in [0, 0.05) is 10.6 Å². The lowest BCUT2D eigenvalue weighted by Crippen LogP contribution is -2.23. The number of rotatable bonds is 6. The van der Waals surface area contributed by atoms with E-state index in [4.69, 9.17) is 9.84 Å². The minimum Gasteiger partial charge on any atom is -0.489 e. The van der Waals surface area contributed by atoms with Gasteiger partial charge in [0.15, 0.2) is 5.17 Å². The zero-order valence-electron chi connectivity index (χ0n) is 17.6. The van der Waals surface area contributed by atoms with E-state index in [1.54, 1.807) is 19.2 Å². The number of carbonyl (C=O) groups is 2. The number of benzene rings is 3. The van der Waals surface area contributed by atoms with Crippen LogP contribution >= 0.6 is 34.4 Å². The van der Waals surface area contributed by atoms with E-state index in [9.17, 15) is 9.59 Å². The number of aliphatic imine (C=N–C) groups is 1. The first kappa shape index (κ1) is 23.1. The maximum Gasteiger partial charge on any atom is 0.335 e. The van der Waals surface area contributed by atoms with Crippen LogP contribution in [0.25, 0.3) is 6.08 Å². The van der Waals surface area contributed by atoms with Crippen LogP contribution in [-0.2, 0) is 11.4 Å². The number of carboxylic acids is 1. The molecule has 166 valence electrons. The number of halogens is 1. The molecular weight excluding hydrogens is 551 g/mol. The molecule has 1 N–H and O–H groups in total. The van der Waals surface area contributed by atoms with Gasteiger partial charge in [0.2, 0.25) is 0 Å². The molecule has 0 bridgehead atoms. The molecule has 8 heteroatoms. The molecule has 0 atom stereocenters. The number of carboxylic acid groups (broad SMARTS) is 1. The number of nitrogens with zero attached hydrogens (tertiary/aromatic N) is 2. The maximum atomic E-state index is 12.7. The van der Waals surface area contributed by atoms with E-state index in [2.05, 4.69) is 27.6 Å². The van der Waals surface area contributed by atoms with Crippen LogP contribution < -0.4 is 4.74 Å². The van der Waals surface area contributed by atoms with Crippen molar-refractivity contribution in [2.45, 2.75) is 6.61 Å².